The Kier molecular flexibility index (Phi) is 3.62. The highest BCUT2D eigenvalue weighted by Crippen LogP contribution is 2.38. The maximum absolute atomic E-state index is 12.4. The van der Waals surface area contributed by atoms with Crippen LogP contribution in [0.3, 0.4) is 0 Å². The second-order valence-corrected chi connectivity index (χ2v) is 7.42. The minimum atomic E-state index is -0.809. The summed E-state index contributed by atoms with van der Waals surface area (Å²) in [5.74, 6) is 0.588. The zero-order valence-electron chi connectivity index (χ0n) is 15.4. The molecule has 1 atom stereocenters. The van der Waals surface area contributed by atoms with Crippen molar-refractivity contribution in [1.29, 1.82) is 0 Å². The Labute approximate surface area is 162 Å². The summed E-state index contributed by atoms with van der Waals surface area (Å²) in [5.41, 5.74) is 3.07. The number of ether oxygens (including phenoxy) is 1. The summed E-state index contributed by atoms with van der Waals surface area (Å²) in [5, 5.41) is 3.45. The molecule has 5 rings (SSSR count). The van der Waals surface area contributed by atoms with E-state index in [1.54, 1.807) is 7.05 Å². The number of urea groups is 1. The standard InChI is InChI=1S/C22H19N3O3/c1-25-21(27)24-20(26)22(25)11-15-9-14-7-8-17(23-19(14)10-16(15)12-22)13-28-18-5-3-2-4-6-18/h2-10H,11-13H2,1H3,(H,24,26,27). The number of nitrogens with one attached hydrogen (secondary N) is 1. The van der Waals surface area contributed by atoms with Crippen molar-refractivity contribution in [2.45, 2.75) is 25.0 Å². The van der Waals surface area contributed by atoms with E-state index >= 15 is 0 Å². The van der Waals surface area contributed by atoms with Crippen molar-refractivity contribution >= 4 is 22.8 Å². The van der Waals surface area contributed by atoms with Crippen LogP contribution in [0.5, 0.6) is 5.75 Å². The van der Waals surface area contributed by atoms with Gasteiger partial charge in [-0.15, -0.1) is 0 Å². The van der Waals surface area contributed by atoms with Gasteiger partial charge in [-0.25, -0.2) is 9.78 Å². The second-order valence-electron chi connectivity index (χ2n) is 7.42. The Balaban J connectivity index is 1.44. The molecule has 1 spiro atoms. The Hall–Kier alpha value is -3.41. The Morgan fingerprint density at radius 2 is 1.82 bits per heavy atom. The predicted molar refractivity (Wildman–Crippen MR) is 104 cm³/mol. The third kappa shape index (κ3) is 2.52. The molecule has 2 heterocycles. The van der Waals surface area contributed by atoms with Crippen molar-refractivity contribution < 1.29 is 14.3 Å². The van der Waals surface area contributed by atoms with Crippen LogP contribution < -0.4 is 10.1 Å². The van der Waals surface area contributed by atoms with Crippen LogP contribution in [0.15, 0.2) is 54.6 Å². The monoisotopic (exact) mass is 373 g/mol. The largest absolute Gasteiger partial charge is 0.487 e. The van der Waals surface area contributed by atoms with E-state index in [0.717, 1.165) is 33.5 Å². The first-order valence-corrected chi connectivity index (χ1v) is 9.24. The summed E-state index contributed by atoms with van der Waals surface area (Å²) < 4.78 is 5.79. The maximum Gasteiger partial charge on any atom is 0.324 e. The van der Waals surface area contributed by atoms with Crippen LogP contribution in [-0.4, -0.2) is 34.4 Å². The molecule has 2 aliphatic rings. The normalized spacial score (nSPS) is 20.7. The summed E-state index contributed by atoms with van der Waals surface area (Å²) in [6.45, 7) is 0.390. The number of fused-ring (bicyclic) bond motifs is 2. The van der Waals surface area contributed by atoms with Gasteiger partial charge in [0, 0.05) is 25.3 Å². The molecule has 1 N–H and O–H groups in total. The summed E-state index contributed by atoms with van der Waals surface area (Å²) in [6.07, 6.45) is 1.05. The number of para-hydroxylation sites is 1. The molecule has 0 radical (unpaired) electrons. The van der Waals surface area contributed by atoms with E-state index in [1.165, 1.54) is 4.90 Å². The molecule has 1 saturated heterocycles. The molecule has 6 nitrogen and oxygen atoms in total. The third-order valence-electron chi connectivity index (χ3n) is 5.75. The van der Waals surface area contributed by atoms with Crippen LogP contribution in [0, 0.1) is 0 Å². The summed E-state index contributed by atoms with van der Waals surface area (Å²) in [7, 11) is 1.68. The molecule has 1 fully saturated rings. The van der Waals surface area contributed by atoms with E-state index in [4.69, 9.17) is 9.72 Å². The van der Waals surface area contributed by atoms with Crippen LogP contribution in [0.2, 0.25) is 0 Å². The smallest absolute Gasteiger partial charge is 0.324 e. The predicted octanol–water partition coefficient (Wildman–Crippen LogP) is 2.83. The van der Waals surface area contributed by atoms with Gasteiger partial charge in [0.2, 0.25) is 0 Å². The molecular formula is C22H19N3O3. The van der Waals surface area contributed by atoms with E-state index < -0.39 is 5.54 Å². The molecule has 3 aromatic rings. The van der Waals surface area contributed by atoms with Gasteiger partial charge in [-0.05, 0) is 41.5 Å². The van der Waals surface area contributed by atoms with Gasteiger partial charge in [-0.2, -0.15) is 0 Å². The van der Waals surface area contributed by atoms with Crippen molar-refractivity contribution in [2.24, 2.45) is 0 Å². The van der Waals surface area contributed by atoms with Gasteiger partial charge < -0.3 is 9.64 Å². The molecular weight excluding hydrogens is 354 g/mol. The first-order valence-electron chi connectivity index (χ1n) is 9.24. The van der Waals surface area contributed by atoms with Gasteiger partial charge >= 0.3 is 6.03 Å². The SMILES string of the molecule is CN1C(=O)NC(=O)C12Cc1cc3ccc(COc4ccccc4)nc3cc1C2. The van der Waals surface area contributed by atoms with Crippen molar-refractivity contribution in [1.82, 2.24) is 15.2 Å². The van der Waals surface area contributed by atoms with Crippen LogP contribution in [-0.2, 0) is 24.2 Å². The lowest BCUT2D eigenvalue weighted by Crippen LogP contribution is -2.48. The van der Waals surface area contributed by atoms with Crippen molar-refractivity contribution in [3.8, 4) is 5.75 Å². The number of amides is 3. The fourth-order valence-electron chi connectivity index (χ4n) is 4.12. The highest BCUT2D eigenvalue weighted by Gasteiger charge is 2.54. The highest BCUT2D eigenvalue weighted by atomic mass is 16.5. The van der Waals surface area contributed by atoms with Gasteiger partial charge in [-0.3, -0.25) is 10.1 Å². The zero-order chi connectivity index (χ0) is 19.3. The topological polar surface area (TPSA) is 71.5 Å². The second kappa shape index (κ2) is 6.05. The zero-order valence-corrected chi connectivity index (χ0v) is 15.4. The Morgan fingerprint density at radius 1 is 1.07 bits per heavy atom. The van der Waals surface area contributed by atoms with Gasteiger partial charge in [0.15, 0.2) is 0 Å². The number of carbonyl (C=O) groups excluding carboxylic acids is 2. The summed E-state index contributed by atoms with van der Waals surface area (Å²) in [4.78, 5) is 30.6. The molecule has 140 valence electrons. The molecule has 2 aromatic carbocycles. The number of aromatic nitrogens is 1. The summed E-state index contributed by atoms with van der Waals surface area (Å²) in [6, 6.07) is 17.4. The molecule has 0 bridgehead atoms. The number of rotatable bonds is 3. The molecule has 3 amide bonds. The molecule has 28 heavy (non-hydrogen) atoms. The van der Waals surface area contributed by atoms with Gasteiger partial charge in [0.25, 0.3) is 5.91 Å². The van der Waals surface area contributed by atoms with Crippen LogP contribution >= 0.6 is 0 Å². The lowest BCUT2D eigenvalue weighted by molar-refractivity contribution is -0.125. The number of nitrogens with zero attached hydrogens (tertiary/aromatic N) is 2. The van der Waals surface area contributed by atoms with E-state index in [2.05, 4.69) is 11.4 Å². The number of benzene rings is 2. The number of likely N-dealkylation sites (N-methyl/N-ethyl adjacent to an activating group) is 1. The first-order chi connectivity index (χ1) is 13.5. The Morgan fingerprint density at radius 3 is 2.54 bits per heavy atom. The molecule has 1 unspecified atom stereocenters. The average Bonchev–Trinajstić information content (AvgIpc) is 3.18. The minimum absolute atomic E-state index is 0.217. The Bertz CT molecular complexity index is 1110. The number of hydrogen-bond donors (Lipinski definition) is 1. The van der Waals surface area contributed by atoms with Crippen molar-refractivity contribution in [3.63, 3.8) is 0 Å². The number of carbonyl (C=O) groups is 2. The number of hydrogen-bond acceptors (Lipinski definition) is 4. The van der Waals surface area contributed by atoms with E-state index in [9.17, 15) is 9.59 Å². The van der Waals surface area contributed by atoms with Gasteiger partial charge in [-0.1, -0.05) is 24.3 Å². The first kappa shape index (κ1) is 16.7. The number of imide groups is 1. The summed E-state index contributed by atoms with van der Waals surface area (Å²) >= 11 is 0. The highest BCUT2D eigenvalue weighted by molar-refractivity contribution is 6.07. The molecule has 0 saturated carbocycles. The molecule has 6 heteroatoms. The fraction of sp³-hybridized carbons (Fsp3) is 0.227. The van der Waals surface area contributed by atoms with E-state index in [0.29, 0.717) is 19.4 Å². The lowest BCUT2D eigenvalue weighted by atomic mass is 9.95. The maximum atomic E-state index is 12.4. The van der Waals surface area contributed by atoms with Gasteiger partial charge in [0.05, 0.1) is 11.2 Å². The van der Waals surface area contributed by atoms with E-state index in [1.807, 2.05) is 48.5 Å². The fourth-order valence-corrected chi connectivity index (χ4v) is 4.12. The van der Waals surface area contributed by atoms with Gasteiger partial charge in [0.1, 0.15) is 17.9 Å². The number of pyridine rings is 1. The lowest BCUT2D eigenvalue weighted by Gasteiger charge is -2.27. The van der Waals surface area contributed by atoms with Crippen LogP contribution in [0.25, 0.3) is 10.9 Å². The average molecular weight is 373 g/mol. The minimum Gasteiger partial charge on any atom is -0.487 e. The van der Waals surface area contributed by atoms with Crippen molar-refractivity contribution in [2.75, 3.05) is 7.05 Å². The van der Waals surface area contributed by atoms with Crippen LogP contribution in [0.4, 0.5) is 4.79 Å². The third-order valence-corrected chi connectivity index (χ3v) is 5.75. The van der Waals surface area contributed by atoms with Crippen LogP contribution in [0.1, 0.15) is 16.8 Å². The quantitative estimate of drug-likeness (QED) is 0.717. The van der Waals surface area contributed by atoms with E-state index in [-0.39, 0.29) is 11.9 Å². The molecule has 1 aliphatic carbocycles. The molecule has 1 aliphatic heterocycles. The van der Waals surface area contributed by atoms with Crippen molar-refractivity contribution in [3.05, 3.63) is 71.4 Å². The molecule has 1 aromatic heterocycles.